The van der Waals surface area contributed by atoms with Crippen molar-refractivity contribution in [1.82, 2.24) is 5.16 Å². The Hall–Kier alpha value is -2.82. The van der Waals surface area contributed by atoms with Crippen molar-refractivity contribution in [3.05, 3.63) is 60.0 Å². The average molecular weight is 294 g/mol. The molecule has 110 valence electrons. The molecule has 1 aliphatic heterocycles. The van der Waals surface area contributed by atoms with E-state index in [-0.39, 0.29) is 17.6 Å². The first-order valence-electron chi connectivity index (χ1n) is 7.16. The van der Waals surface area contributed by atoms with Gasteiger partial charge in [-0.25, -0.2) is 0 Å². The highest BCUT2D eigenvalue weighted by molar-refractivity contribution is 6.06. The molecule has 22 heavy (non-hydrogen) atoms. The van der Waals surface area contributed by atoms with Crippen molar-refractivity contribution in [3.63, 3.8) is 0 Å². The van der Waals surface area contributed by atoms with Crippen LogP contribution in [0.2, 0.25) is 0 Å². The first-order valence-corrected chi connectivity index (χ1v) is 7.16. The van der Waals surface area contributed by atoms with Crippen molar-refractivity contribution in [2.24, 2.45) is 0 Å². The molecule has 0 unspecified atom stereocenters. The normalized spacial score (nSPS) is 16.8. The van der Waals surface area contributed by atoms with Crippen molar-refractivity contribution in [1.29, 1.82) is 0 Å². The molecule has 3 heterocycles. The van der Waals surface area contributed by atoms with E-state index in [1.54, 1.807) is 29.4 Å². The highest BCUT2D eigenvalue weighted by atomic mass is 16.5. The second-order valence-corrected chi connectivity index (χ2v) is 5.41. The number of aromatic nitrogens is 1. The summed E-state index contributed by atoms with van der Waals surface area (Å²) >= 11 is 0. The van der Waals surface area contributed by atoms with Crippen molar-refractivity contribution in [3.8, 4) is 11.5 Å². The number of fused-ring (bicyclic) bond motifs is 1. The summed E-state index contributed by atoms with van der Waals surface area (Å²) in [6.07, 6.45) is 2.41. The molecule has 3 aromatic rings. The third kappa shape index (κ3) is 1.94. The number of amides is 1. The Bertz CT molecular complexity index is 820. The maximum Gasteiger partial charge on any atom is 0.280 e. The monoisotopic (exact) mass is 294 g/mol. The van der Waals surface area contributed by atoms with Crippen LogP contribution in [0.5, 0.6) is 0 Å². The second-order valence-electron chi connectivity index (χ2n) is 5.41. The molecular formula is C17H14N2O3. The van der Waals surface area contributed by atoms with E-state index in [1.807, 2.05) is 25.1 Å². The summed E-state index contributed by atoms with van der Waals surface area (Å²) in [5, 5.41) is 3.90. The second kappa shape index (κ2) is 4.87. The summed E-state index contributed by atoms with van der Waals surface area (Å²) in [4.78, 5) is 14.6. The minimum atomic E-state index is -0.154. The molecule has 0 bridgehead atoms. The zero-order valence-corrected chi connectivity index (χ0v) is 12.0. The molecule has 0 saturated carbocycles. The zero-order valence-electron chi connectivity index (χ0n) is 12.0. The van der Waals surface area contributed by atoms with Crippen molar-refractivity contribution in [2.45, 2.75) is 19.4 Å². The molecule has 1 aromatic carbocycles. The Morgan fingerprint density at radius 1 is 1.23 bits per heavy atom. The zero-order chi connectivity index (χ0) is 15.1. The van der Waals surface area contributed by atoms with E-state index in [0.717, 1.165) is 12.1 Å². The number of carbonyl (C=O) groups is 1. The van der Waals surface area contributed by atoms with Crippen LogP contribution >= 0.6 is 0 Å². The van der Waals surface area contributed by atoms with Gasteiger partial charge >= 0.3 is 0 Å². The van der Waals surface area contributed by atoms with Gasteiger partial charge in [-0.15, -0.1) is 0 Å². The van der Waals surface area contributed by atoms with Crippen LogP contribution in [0.1, 0.15) is 23.0 Å². The lowest BCUT2D eigenvalue weighted by Crippen LogP contribution is -2.35. The van der Waals surface area contributed by atoms with E-state index in [9.17, 15) is 4.79 Å². The molecule has 1 aliphatic rings. The summed E-state index contributed by atoms with van der Waals surface area (Å²) in [5.74, 6) is 0.855. The van der Waals surface area contributed by atoms with Gasteiger partial charge in [0.1, 0.15) is 0 Å². The van der Waals surface area contributed by atoms with E-state index < -0.39 is 0 Å². The maximum absolute atomic E-state index is 12.8. The number of rotatable bonds is 2. The first-order chi connectivity index (χ1) is 10.7. The predicted octanol–water partition coefficient (Wildman–Crippen LogP) is 3.53. The van der Waals surface area contributed by atoms with Crippen LogP contribution in [0, 0.1) is 0 Å². The fraction of sp³-hybridized carbons (Fsp3) is 0.176. The quantitative estimate of drug-likeness (QED) is 0.725. The van der Waals surface area contributed by atoms with E-state index in [4.69, 9.17) is 8.94 Å². The van der Waals surface area contributed by atoms with Gasteiger partial charge in [-0.05, 0) is 37.1 Å². The number of benzene rings is 1. The van der Waals surface area contributed by atoms with Gasteiger partial charge in [-0.2, -0.15) is 0 Å². The van der Waals surface area contributed by atoms with E-state index in [1.165, 1.54) is 5.56 Å². The molecule has 2 aromatic heterocycles. The number of nitrogens with zero attached hydrogens (tertiary/aromatic N) is 2. The highest BCUT2D eigenvalue weighted by Crippen LogP contribution is 2.33. The number of carbonyl (C=O) groups excluding carboxylic acids is 1. The molecule has 0 spiro atoms. The summed E-state index contributed by atoms with van der Waals surface area (Å²) < 4.78 is 10.5. The first kappa shape index (κ1) is 12.9. The molecule has 1 amide bonds. The number of hydrogen-bond donors (Lipinski definition) is 0. The van der Waals surface area contributed by atoms with Crippen molar-refractivity contribution < 1.29 is 13.7 Å². The number of furan rings is 1. The molecule has 0 fully saturated rings. The summed E-state index contributed by atoms with van der Waals surface area (Å²) in [5.41, 5.74) is 2.41. The lowest BCUT2D eigenvalue weighted by Gasteiger charge is -2.21. The van der Waals surface area contributed by atoms with Crippen LogP contribution in [0.15, 0.2) is 57.7 Å². The van der Waals surface area contributed by atoms with Crippen LogP contribution in [0.3, 0.4) is 0 Å². The smallest absolute Gasteiger partial charge is 0.280 e. The molecule has 4 rings (SSSR count). The lowest BCUT2D eigenvalue weighted by molar-refractivity contribution is 0.0973. The van der Waals surface area contributed by atoms with E-state index in [2.05, 4.69) is 11.2 Å². The van der Waals surface area contributed by atoms with Gasteiger partial charge < -0.3 is 13.8 Å². The molecule has 0 saturated heterocycles. The van der Waals surface area contributed by atoms with Crippen LogP contribution in [-0.4, -0.2) is 17.1 Å². The number of para-hydroxylation sites is 1. The summed E-state index contributed by atoms with van der Waals surface area (Å²) in [6, 6.07) is 13.2. The fourth-order valence-corrected chi connectivity index (χ4v) is 2.91. The Labute approximate surface area is 127 Å². The SMILES string of the molecule is C[C@H]1Cc2ccccc2N1C(=O)c1cc(-c2ccco2)on1. The van der Waals surface area contributed by atoms with Crippen LogP contribution in [-0.2, 0) is 6.42 Å². The van der Waals surface area contributed by atoms with Crippen LogP contribution in [0.4, 0.5) is 5.69 Å². The van der Waals surface area contributed by atoms with Crippen molar-refractivity contribution in [2.75, 3.05) is 4.90 Å². The Morgan fingerprint density at radius 3 is 2.91 bits per heavy atom. The lowest BCUT2D eigenvalue weighted by atomic mass is 10.1. The third-order valence-electron chi connectivity index (χ3n) is 3.92. The van der Waals surface area contributed by atoms with Gasteiger partial charge in [0, 0.05) is 17.8 Å². The average Bonchev–Trinajstić information content (AvgIpc) is 3.25. The standard InChI is InChI=1S/C17H14N2O3/c1-11-9-12-5-2-3-6-14(12)19(11)17(20)13-10-16(22-18-13)15-7-4-8-21-15/h2-8,10-11H,9H2,1H3/t11-/m0/s1. The molecule has 5 nitrogen and oxygen atoms in total. The number of hydrogen-bond acceptors (Lipinski definition) is 4. The Balaban J connectivity index is 1.68. The van der Waals surface area contributed by atoms with E-state index in [0.29, 0.717) is 11.5 Å². The Kier molecular flexibility index (Phi) is 2.85. The minimum Gasteiger partial charge on any atom is -0.461 e. The van der Waals surface area contributed by atoms with Gasteiger partial charge in [0.2, 0.25) is 5.76 Å². The number of anilines is 1. The predicted molar refractivity (Wildman–Crippen MR) is 80.6 cm³/mol. The molecule has 0 radical (unpaired) electrons. The summed E-state index contributed by atoms with van der Waals surface area (Å²) in [6.45, 7) is 2.03. The summed E-state index contributed by atoms with van der Waals surface area (Å²) in [7, 11) is 0. The molecular weight excluding hydrogens is 280 g/mol. The maximum atomic E-state index is 12.8. The largest absolute Gasteiger partial charge is 0.461 e. The van der Waals surface area contributed by atoms with Gasteiger partial charge in [0.25, 0.3) is 5.91 Å². The third-order valence-corrected chi connectivity index (χ3v) is 3.92. The molecule has 5 heteroatoms. The highest BCUT2D eigenvalue weighted by Gasteiger charge is 2.32. The minimum absolute atomic E-state index is 0.105. The van der Waals surface area contributed by atoms with Crippen molar-refractivity contribution >= 4 is 11.6 Å². The van der Waals surface area contributed by atoms with E-state index >= 15 is 0 Å². The van der Waals surface area contributed by atoms with Gasteiger partial charge in [0.05, 0.1) is 6.26 Å². The molecule has 0 aliphatic carbocycles. The van der Waals surface area contributed by atoms with Crippen LogP contribution < -0.4 is 4.90 Å². The fourth-order valence-electron chi connectivity index (χ4n) is 2.91. The molecule has 1 atom stereocenters. The van der Waals surface area contributed by atoms with Crippen LogP contribution in [0.25, 0.3) is 11.5 Å². The van der Waals surface area contributed by atoms with Gasteiger partial charge in [-0.3, -0.25) is 4.79 Å². The topological polar surface area (TPSA) is 59.5 Å². The van der Waals surface area contributed by atoms with Gasteiger partial charge in [0.15, 0.2) is 11.5 Å². The molecule has 0 N–H and O–H groups in total. The Morgan fingerprint density at radius 2 is 2.09 bits per heavy atom. The van der Waals surface area contributed by atoms with Gasteiger partial charge in [-0.1, -0.05) is 23.4 Å².